The van der Waals surface area contributed by atoms with E-state index in [-0.39, 0.29) is 5.91 Å². The summed E-state index contributed by atoms with van der Waals surface area (Å²) in [5.74, 6) is 2.60. The molecule has 2 aromatic rings. The van der Waals surface area contributed by atoms with Crippen molar-refractivity contribution >= 4 is 40.3 Å². The molecule has 32 heavy (non-hydrogen) atoms. The Morgan fingerprint density at radius 3 is 2.47 bits per heavy atom. The van der Waals surface area contributed by atoms with Crippen LogP contribution >= 0.6 is 24.0 Å². The van der Waals surface area contributed by atoms with Gasteiger partial charge in [0.15, 0.2) is 11.5 Å². The topological polar surface area (TPSA) is 48.0 Å². The summed E-state index contributed by atoms with van der Waals surface area (Å²) in [5.41, 5.74) is 2.10. The standard InChI is InChI=1S/C25H29NO4S2/c1-5-17(2)19-9-6-7-10-20(19)29-13-8-14-30-21-12-11-18(15-22(21)28-4)16-23-24(27)26(3)25(31)32-23/h6-7,9-12,15-17H,5,8,13-14H2,1-4H3/b23-16-. The Morgan fingerprint density at radius 1 is 1.09 bits per heavy atom. The number of carbonyl (C=O) groups excluding carboxylic acids is 1. The minimum Gasteiger partial charge on any atom is -0.493 e. The predicted molar refractivity (Wildman–Crippen MR) is 135 cm³/mol. The lowest BCUT2D eigenvalue weighted by atomic mass is 9.98. The normalized spacial score (nSPS) is 15.9. The molecule has 0 bridgehead atoms. The Morgan fingerprint density at radius 2 is 1.81 bits per heavy atom. The van der Waals surface area contributed by atoms with Crippen molar-refractivity contribution in [2.75, 3.05) is 27.4 Å². The van der Waals surface area contributed by atoms with Crippen LogP contribution in [0.3, 0.4) is 0 Å². The molecule has 0 radical (unpaired) electrons. The van der Waals surface area contributed by atoms with E-state index in [4.69, 9.17) is 26.4 Å². The van der Waals surface area contributed by atoms with Gasteiger partial charge in [0.2, 0.25) is 0 Å². The molecule has 1 fully saturated rings. The van der Waals surface area contributed by atoms with Crippen LogP contribution in [0.4, 0.5) is 0 Å². The number of nitrogens with zero attached hydrogens (tertiary/aromatic N) is 1. The molecule has 1 aliphatic heterocycles. The minimum atomic E-state index is -0.0887. The Hall–Kier alpha value is -2.51. The lowest BCUT2D eigenvalue weighted by molar-refractivity contribution is -0.121. The quantitative estimate of drug-likeness (QED) is 0.245. The number of likely N-dealkylation sites (N-methyl/N-ethyl adjacent to an activating group) is 1. The fraction of sp³-hybridized carbons (Fsp3) is 0.360. The highest BCUT2D eigenvalue weighted by Gasteiger charge is 2.28. The van der Waals surface area contributed by atoms with Crippen LogP contribution in [0.25, 0.3) is 6.08 Å². The maximum Gasteiger partial charge on any atom is 0.265 e. The molecule has 0 N–H and O–H groups in total. The molecule has 1 aliphatic rings. The number of para-hydroxylation sites is 1. The third kappa shape index (κ3) is 5.84. The van der Waals surface area contributed by atoms with Crippen molar-refractivity contribution in [3.63, 3.8) is 0 Å². The first kappa shape index (κ1) is 24.1. The van der Waals surface area contributed by atoms with E-state index in [0.29, 0.717) is 39.9 Å². The van der Waals surface area contributed by atoms with Gasteiger partial charge in [-0.2, -0.15) is 0 Å². The number of hydrogen-bond acceptors (Lipinski definition) is 6. The first-order valence-corrected chi connectivity index (χ1v) is 11.9. The molecule has 1 unspecified atom stereocenters. The molecule has 170 valence electrons. The molecule has 1 atom stereocenters. The van der Waals surface area contributed by atoms with Gasteiger partial charge >= 0.3 is 0 Å². The molecule has 2 aromatic carbocycles. The summed E-state index contributed by atoms with van der Waals surface area (Å²) in [5, 5.41) is 0. The number of hydrogen-bond donors (Lipinski definition) is 0. The third-order valence-electron chi connectivity index (χ3n) is 5.34. The van der Waals surface area contributed by atoms with Gasteiger partial charge in [-0.05, 0) is 47.7 Å². The number of benzene rings is 2. The number of amides is 1. The van der Waals surface area contributed by atoms with Crippen molar-refractivity contribution < 1.29 is 19.0 Å². The molecular weight excluding hydrogens is 442 g/mol. The van der Waals surface area contributed by atoms with Gasteiger partial charge in [-0.15, -0.1) is 0 Å². The average molecular weight is 472 g/mol. The number of carbonyl (C=O) groups is 1. The van der Waals surface area contributed by atoms with Gasteiger partial charge < -0.3 is 14.2 Å². The Kier molecular flexibility index (Phi) is 8.59. The summed E-state index contributed by atoms with van der Waals surface area (Å²) in [6.07, 6.45) is 3.64. The second-order valence-electron chi connectivity index (χ2n) is 7.55. The lowest BCUT2D eigenvalue weighted by Gasteiger charge is -2.16. The second-order valence-corrected chi connectivity index (χ2v) is 9.22. The van der Waals surface area contributed by atoms with Crippen molar-refractivity contribution in [3.05, 3.63) is 58.5 Å². The number of rotatable bonds is 10. The van der Waals surface area contributed by atoms with E-state index >= 15 is 0 Å². The Labute approximate surface area is 199 Å². The number of thioether (sulfide) groups is 1. The largest absolute Gasteiger partial charge is 0.493 e. The van der Waals surface area contributed by atoms with E-state index in [2.05, 4.69) is 26.0 Å². The maximum atomic E-state index is 12.2. The van der Waals surface area contributed by atoms with Gasteiger partial charge in [-0.3, -0.25) is 9.69 Å². The molecule has 5 nitrogen and oxygen atoms in total. The number of thiocarbonyl (C=S) groups is 1. The summed E-state index contributed by atoms with van der Waals surface area (Å²) in [7, 11) is 3.29. The fourth-order valence-electron chi connectivity index (χ4n) is 3.25. The van der Waals surface area contributed by atoms with Crippen LogP contribution in [-0.2, 0) is 4.79 Å². The highest BCUT2D eigenvalue weighted by atomic mass is 32.2. The van der Waals surface area contributed by atoms with E-state index in [0.717, 1.165) is 24.2 Å². The summed E-state index contributed by atoms with van der Waals surface area (Å²) in [6, 6.07) is 13.8. The first-order valence-electron chi connectivity index (χ1n) is 10.7. The van der Waals surface area contributed by atoms with Crippen molar-refractivity contribution in [1.29, 1.82) is 0 Å². The zero-order chi connectivity index (χ0) is 23.1. The zero-order valence-corrected chi connectivity index (χ0v) is 20.6. The smallest absolute Gasteiger partial charge is 0.265 e. The second kappa shape index (κ2) is 11.4. The Bertz CT molecular complexity index is 1010. The zero-order valence-electron chi connectivity index (χ0n) is 18.9. The van der Waals surface area contributed by atoms with Gasteiger partial charge in [0.1, 0.15) is 10.1 Å². The molecule has 0 aromatic heterocycles. The van der Waals surface area contributed by atoms with Crippen molar-refractivity contribution in [2.24, 2.45) is 0 Å². The van der Waals surface area contributed by atoms with Crippen molar-refractivity contribution in [3.8, 4) is 17.2 Å². The Balaban J connectivity index is 1.55. The van der Waals surface area contributed by atoms with Crippen LogP contribution in [0.1, 0.15) is 43.7 Å². The molecule has 1 saturated heterocycles. The van der Waals surface area contributed by atoms with Crippen molar-refractivity contribution in [2.45, 2.75) is 32.6 Å². The molecule has 7 heteroatoms. The summed E-state index contributed by atoms with van der Waals surface area (Å²) in [4.78, 5) is 14.3. The summed E-state index contributed by atoms with van der Waals surface area (Å²) in [6.45, 7) is 5.48. The van der Waals surface area contributed by atoms with Crippen molar-refractivity contribution in [1.82, 2.24) is 4.90 Å². The first-order chi connectivity index (χ1) is 15.4. The summed E-state index contributed by atoms with van der Waals surface area (Å²) < 4.78 is 18.0. The molecule has 3 rings (SSSR count). The maximum absolute atomic E-state index is 12.2. The van der Waals surface area contributed by atoms with Crippen LogP contribution in [0, 0.1) is 0 Å². The van der Waals surface area contributed by atoms with Crippen LogP contribution in [-0.4, -0.2) is 42.5 Å². The van der Waals surface area contributed by atoms with Gasteiger partial charge in [-0.1, -0.05) is 62.1 Å². The molecule has 0 spiro atoms. The molecule has 0 aliphatic carbocycles. The van der Waals surface area contributed by atoms with Gasteiger partial charge in [-0.25, -0.2) is 0 Å². The van der Waals surface area contributed by atoms with Gasteiger partial charge in [0.25, 0.3) is 5.91 Å². The van der Waals surface area contributed by atoms with Crippen LogP contribution in [0.5, 0.6) is 17.2 Å². The van der Waals surface area contributed by atoms with E-state index in [1.165, 1.54) is 22.2 Å². The SMILES string of the molecule is CCC(C)c1ccccc1OCCCOc1ccc(/C=C2\SC(=S)N(C)C2=O)cc1OC. The van der Waals surface area contributed by atoms with E-state index in [1.54, 1.807) is 14.2 Å². The van der Waals surface area contributed by atoms with Gasteiger partial charge in [0.05, 0.1) is 25.2 Å². The van der Waals surface area contributed by atoms with E-state index in [9.17, 15) is 4.79 Å². The van der Waals surface area contributed by atoms with Crippen LogP contribution in [0.2, 0.25) is 0 Å². The van der Waals surface area contributed by atoms with Crippen LogP contribution in [0.15, 0.2) is 47.4 Å². The average Bonchev–Trinajstić information content (AvgIpc) is 3.05. The van der Waals surface area contributed by atoms with E-state index in [1.807, 2.05) is 36.4 Å². The predicted octanol–water partition coefficient (Wildman–Crippen LogP) is 5.89. The number of methoxy groups -OCH3 is 1. The molecule has 1 heterocycles. The monoisotopic (exact) mass is 471 g/mol. The molecule has 1 amide bonds. The lowest BCUT2D eigenvalue weighted by Crippen LogP contribution is -2.22. The molecular formula is C25H29NO4S2. The summed E-state index contributed by atoms with van der Waals surface area (Å²) >= 11 is 6.48. The fourth-order valence-corrected chi connectivity index (χ4v) is 4.43. The highest BCUT2D eigenvalue weighted by molar-refractivity contribution is 8.26. The van der Waals surface area contributed by atoms with Gasteiger partial charge in [0, 0.05) is 13.5 Å². The minimum absolute atomic E-state index is 0.0887. The molecule has 0 saturated carbocycles. The van der Waals surface area contributed by atoms with Crippen LogP contribution < -0.4 is 14.2 Å². The highest BCUT2D eigenvalue weighted by Crippen LogP contribution is 2.34. The third-order valence-corrected chi connectivity index (χ3v) is 6.82. The number of ether oxygens (including phenoxy) is 3. The van der Waals surface area contributed by atoms with E-state index < -0.39 is 0 Å².